The highest BCUT2D eigenvalue weighted by Gasteiger charge is 2.38. The van der Waals surface area contributed by atoms with Crippen LogP contribution in [0.4, 0.5) is 0 Å². The number of hydrogen-bond acceptors (Lipinski definition) is 1. The molecule has 72 valence electrons. The minimum absolute atomic E-state index is 0.304. The third-order valence-electron chi connectivity index (χ3n) is 3.23. The Bertz CT molecular complexity index is 121. The van der Waals surface area contributed by atoms with Gasteiger partial charge in [-0.3, -0.25) is 0 Å². The first-order valence-electron chi connectivity index (χ1n) is 5.45. The second kappa shape index (κ2) is 4.27. The summed E-state index contributed by atoms with van der Waals surface area (Å²) in [7, 11) is 0. The summed E-state index contributed by atoms with van der Waals surface area (Å²) in [6.45, 7) is 4.33. The van der Waals surface area contributed by atoms with Gasteiger partial charge in [-0.15, -0.1) is 0 Å². The zero-order chi connectivity index (χ0) is 9.03. The Morgan fingerprint density at radius 1 is 1.17 bits per heavy atom. The summed E-state index contributed by atoms with van der Waals surface area (Å²) < 4.78 is 0. The molecule has 0 aromatic heterocycles. The molecule has 1 aliphatic carbocycles. The number of rotatable bonds is 5. The van der Waals surface area contributed by atoms with Gasteiger partial charge in [-0.1, -0.05) is 33.1 Å². The van der Waals surface area contributed by atoms with Gasteiger partial charge in [0.25, 0.3) is 0 Å². The van der Waals surface area contributed by atoms with Crippen molar-refractivity contribution in [1.29, 1.82) is 0 Å². The van der Waals surface area contributed by atoms with E-state index in [2.05, 4.69) is 13.8 Å². The van der Waals surface area contributed by atoms with Crippen molar-refractivity contribution in [2.24, 2.45) is 5.92 Å². The maximum Gasteiger partial charge on any atom is 0.0675 e. The molecule has 1 saturated carbocycles. The van der Waals surface area contributed by atoms with E-state index >= 15 is 0 Å². The van der Waals surface area contributed by atoms with Crippen LogP contribution >= 0.6 is 0 Å². The minimum Gasteiger partial charge on any atom is -0.390 e. The largest absolute Gasteiger partial charge is 0.390 e. The summed E-state index contributed by atoms with van der Waals surface area (Å²) in [5.74, 6) is 0.623. The summed E-state index contributed by atoms with van der Waals surface area (Å²) in [5.41, 5.74) is -0.304. The first-order chi connectivity index (χ1) is 5.73. The van der Waals surface area contributed by atoms with E-state index in [1.807, 2.05) is 0 Å². The molecule has 1 N–H and O–H groups in total. The van der Waals surface area contributed by atoms with Crippen molar-refractivity contribution < 1.29 is 5.11 Å². The topological polar surface area (TPSA) is 20.2 Å². The van der Waals surface area contributed by atoms with Crippen LogP contribution in [0.1, 0.15) is 58.8 Å². The van der Waals surface area contributed by atoms with Crippen molar-refractivity contribution in [2.75, 3.05) is 0 Å². The maximum atomic E-state index is 10.3. The quantitative estimate of drug-likeness (QED) is 0.672. The lowest BCUT2D eigenvalue weighted by molar-refractivity contribution is -0.0642. The van der Waals surface area contributed by atoms with Crippen molar-refractivity contribution in [3.63, 3.8) is 0 Å². The van der Waals surface area contributed by atoms with Gasteiger partial charge >= 0.3 is 0 Å². The normalized spacial score (nSPS) is 19.2. The predicted molar refractivity (Wildman–Crippen MR) is 52.1 cm³/mol. The monoisotopic (exact) mass is 170 g/mol. The SMILES string of the molecule is CCCC(O)(CCC)C1CCC1. The molecule has 1 aliphatic rings. The van der Waals surface area contributed by atoms with E-state index in [0.29, 0.717) is 5.92 Å². The molecule has 0 bridgehead atoms. The second-order valence-electron chi connectivity index (χ2n) is 4.23. The smallest absolute Gasteiger partial charge is 0.0675 e. The van der Waals surface area contributed by atoms with E-state index in [4.69, 9.17) is 0 Å². The van der Waals surface area contributed by atoms with Gasteiger partial charge in [0.05, 0.1) is 5.60 Å². The van der Waals surface area contributed by atoms with Gasteiger partial charge in [0.15, 0.2) is 0 Å². The van der Waals surface area contributed by atoms with Crippen LogP contribution in [-0.2, 0) is 0 Å². The first kappa shape index (κ1) is 10.0. The lowest BCUT2D eigenvalue weighted by atomic mass is 9.69. The molecular weight excluding hydrogens is 148 g/mol. The summed E-state index contributed by atoms with van der Waals surface area (Å²) in [4.78, 5) is 0. The van der Waals surface area contributed by atoms with Crippen LogP contribution in [0.25, 0.3) is 0 Å². The van der Waals surface area contributed by atoms with Gasteiger partial charge in [0, 0.05) is 0 Å². The van der Waals surface area contributed by atoms with Crippen molar-refractivity contribution in [1.82, 2.24) is 0 Å². The molecule has 0 atom stereocenters. The zero-order valence-electron chi connectivity index (χ0n) is 8.47. The van der Waals surface area contributed by atoms with Crippen LogP contribution in [-0.4, -0.2) is 10.7 Å². The molecule has 0 radical (unpaired) electrons. The molecule has 0 heterocycles. The Labute approximate surface area is 76.2 Å². The fourth-order valence-electron chi connectivity index (χ4n) is 2.34. The van der Waals surface area contributed by atoms with Gasteiger partial charge in [-0.2, -0.15) is 0 Å². The van der Waals surface area contributed by atoms with E-state index in [-0.39, 0.29) is 5.60 Å². The van der Waals surface area contributed by atoms with Crippen molar-refractivity contribution >= 4 is 0 Å². The molecule has 1 fully saturated rings. The molecule has 12 heavy (non-hydrogen) atoms. The third-order valence-corrected chi connectivity index (χ3v) is 3.23. The van der Waals surface area contributed by atoms with Gasteiger partial charge in [-0.25, -0.2) is 0 Å². The fourth-order valence-corrected chi connectivity index (χ4v) is 2.34. The van der Waals surface area contributed by atoms with Crippen LogP contribution in [0.3, 0.4) is 0 Å². The van der Waals surface area contributed by atoms with Gasteiger partial charge < -0.3 is 5.11 Å². The van der Waals surface area contributed by atoms with E-state index in [9.17, 15) is 5.11 Å². The molecule has 1 nitrogen and oxygen atoms in total. The van der Waals surface area contributed by atoms with E-state index in [0.717, 1.165) is 25.7 Å². The van der Waals surface area contributed by atoms with E-state index in [1.54, 1.807) is 0 Å². The standard InChI is InChI=1S/C11H22O/c1-3-8-11(12,9-4-2)10-6-5-7-10/h10,12H,3-9H2,1-2H3. The molecule has 0 aromatic carbocycles. The van der Waals surface area contributed by atoms with Crippen LogP contribution in [0.2, 0.25) is 0 Å². The Morgan fingerprint density at radius 2 is 1.67 bits per heavy atom. The molecular formula is C11H22O. The Morgan fingerprint density at radius 3 is 1.92 bits per heavy atom. The van der Waals surface area contributed by atoms with Crippen molar-refractivity contribution in [3.05, 3.63) is 0 Å². The van der Waals surface area contributed by atoms with Gasteiger partial charge in [0.1, 0.15) is 0 Å². The molecule has 0 aromatic rings. The summed E-state index contributed by atoms with van der Waals surface area (Å²) in [6, 6.07) is 0. The minimum atomic E-state index is -0.304. The Balaban J connectivity index is 2.44. The molecule has 0 aliphatic heterocycles. The number of aliphatic hydroxyl groups is 1. The van der Waals surface area contributed by atoms with Crippen molar-refractivity contribution in [2.45, 2.75) is 64.4 Å². The lowest BCUT2D eigenvalue weighted by Crippen LogP contribution is -2.41. The van der Waals surface area contributed by atoms with Gasteiger partial charge in [0.2, 0.25) is 0 Å². The van der Waals surface area contributed by atoms with E-state index < -0.39 is 0 Å². The molecule has 1 rings (SSSR count). The fraction of sp³-hybridized carbons (Fsp3) is 1.00. The molecule has 0 unspecified atom stereocenters. The predicted octanol–water partition coefficient (Wildman–Crippen LogP) is 3.12. The van der Waals surface area contributed by atoms with Crippen LogP contribution in [0.15, 0.2) is 0 Å². The lowest BCUT2D eigenvalue weighted by Gasteiger charge is -2.41. The first-order valence-corrected chi connectivity index (χ1v) is 5.45. The number of hydrogen-bond donors (Lipinski definition) is 1. The average Bonchev–Trinajstić information content (AvgIpc) is 1.82. The van der Waals surface area contributed by atoms with Crippen LogP contribution < -0.4 is 0 Å². The van der Waals surface area contributed by atoms with Crippen molar-refractivity contribution in [3.8, 4) is 0 Å². The Kier molecular flexibility index (Phi) is 3.57. The molecule has 0 saturated heterocycles. The Hall–Kier alpha value is -0.0400. The van der Waals surface area contributed by atoms with E-state index in [1.165, 1.54) is 19.3 Å². The average molecular weight is 170 g/mol. The summed E-state index contributed by atoms with van der Waals surface area (Å²) in [6.07, 6.45) is 8.10. The molecule has 0 amide bonds. The van der Waals surface area contributed by atoms with Crippen LogP contribution in [0, 0.1) is 5.92 Å². The zero-order valence-corrected chi connectivity index (χ0v) is 8.47. The summed E-state index contributed by atoms with van der Waals surface area (Å²) >= 11 is 0. The highest BCUT2D eigenvalue weighted by Crippen LogP contribution is 2.41. The van der Waals surface area contributed by atoms with Crippen LogP contribution in [0.5, 0.6) is 0 Å². The molecule has 0 spiro atoms. The summed E-state index contributed by atoms with van der Waals surface area (Å²) in [5, 5.41) is 10.3. The highest BCUT2D eigenvalue weighted by atomic mass is 16.3. The maximum absolute atomic E-state index is 10.3. The third kappa shape index (κ3) is 2.01. The molecule has 1 heteroatoms. The second-order valence-corrected chi connectivity index (χ2v) is 4.23. The van der Waals surface area contributed by atoms with Gasteiger partial charge in [-0.05, 0) is 31.6 Å². The highest BCUT2D eigenvalue weighted by molar-refractivity contribution is 4.90.